The maximum atomic E-state index is 11.2. The van der Waals surface area contributed by atoms with Crippen LogP contribution in [0.3, 0.4) is 0 Å². The Morgan fingerprint density at radius 2 is 2.20 bits per heavy atom. The maximum Gasteiger partial charge on any atom is 0.153 e. The predicted molar refractivity (Wildman–Crippen MR) is 76.5 cm³/mol. The molecule has 2 heterocycles. The zero-order valence-electron chi connectivity index (χ0n) is 11.6. The normalized spacial score (nSPS) is 13.4. The topological polar surface area (TPSA) is 44.1 Å². The fraction of sp³-hybridized carbons (Fsp3) is 0.375. The van der Waals surface area contributed by atoms with Crippen LogP contribution in [0.5, 0.6) is 0 Å². The van der Waals surface area contributed by atoms with Crippen molar-refractivity contribution < 1.29 is 9.53 Å². The highest BCUT2D eigenvalue weighted by atomic mass is 16.5. The van der Waals surface area contributed by atoms with Crippen LogP contribution in [-0.4, -0.2) is 16.1 Å². The molecule has 0 saturated carbocycles. The number of hydrogen-bond acceptors (Lipinski definition) is 3. The molecule has 0 atom stereocenters. The fourth-order valence-corrected chi connectivity index (χ4v) is 2.50. The average molecular weight is 270 g/mol. The highest BCUT2D eigenvalue weighted by Crippen LogP contribution is 2.27. The minimum absolute atomic E-state index is 0.649. The van der Waals surface area contributed by atoms with Gasteiger partial charge in [0, 0.05) is 18.3 Å². The fourth-order valence-electron chi connectivity index (χ4n) is 2.50. The second-order valence-electron chi connectivity index (χ2n) is 5.14. The predicted octanol–water partition coefficient (Wildman–Crippen LogP) is 3.19. The molecule has 1 aromatic heterocycles. The Morgan fingerprint density at radius 1 is 1.35 bits per heavy atom. The van der Waals surface area contributed by atoms with Crippen molar-refractivity contribution in [2.75, 3.05) is 0 Å². The van der Waals surface area contributed by atoms with Gasteiger partial charge in [0.1, 0.15) is 5.69 Å². The molecule has 1 aliphatic heterocycles. The first-order valence-electron chi connectivity index (χ1n) is 7.04. The Kier molecular flexibility index (Phi) is 3.65. The highest BCUT2D eigenvalue weighted by Gasteiger charge is 2.15. The number of carbonyl (C=O) groups is 1. The van der Waals surface area contributed by atoms with Crippen LogP contribution in [0.15, 0.2) is 24.4 Å². The number of unbranched alkanes of at least 4 members (excludes halogenated alkanes) is 1. The van der Waals surface area contributed by atoms with Crippen LogP contribution in [0.4, 0.5) is 0 Å². The second-order valence-corrected chi connectivity index (χ2v) is 5.14. The molecule has 2 aromatic rings. The van der Waals surface area contributed by atoms with Crippen molar-refractivity contribution in [1.82, 2.24) is 9.78 Å². The first kappa shape index (κ1) is 13.1. The molecule has 4 nitrogen and oxygen atoms in total. The molecule has 0 radical (unpaired) electrons. The monoisotopic (exact) mass is 270 g/mol. The summed E-state index contributed by atoms with van der Waals surface area (Å²) in [5, 5.41) is 4.56. The number of rotatable bonds is 5. The van der Waals surface area contributed by atoms with E-state index in [4.69, 9.17) is 4.74 Å². The summed E-state index contributed by atoms with van der Waals surface area (Å²) in [6, 6.07) is 6.17. The van der Waals surface area contributed by atoms with Crippen LogP contribution in [0.2, 0.25) is 0 Å². The molecule has 4 heteroatoms. The molecule has 0 N–H and O–H groups in total. The molecule has 0 amide bonds. The van der Waals surface area contributed by atoms with Crippen LogP contribution >= 0.6 is 0 Å². The Hall–Kier alpha value is -1.94. The molecule has 0 saturated heterocycles. The summed E-state index contributed by atoms with van der Waals surface area (Å²) >= 11 is 0. The quantitative estimate of drug-likeness (QED) is 0.784. The molecule has 0 spiro atoms. The summed E-state index contributed by atoms with van der Waals surface area (Å²) in [5.74, 6) is 0. The third kappa shape index (κ3) is 2.39. The minimum atomic E-state index is 0.649. The van der Waals surface area contributed by atoms with Crippen molar-refractivity contribution in [2.45, 2.75) is 39.5 Å². The number of aromatic nitrogens is 2. The first-order chi connectivity index (χ1) is 9.81. The Bertz CT molecular complexity index is 631. The van der Waals surface area contributed by atoms with Crippen LogP contribution in [-0.2, 0) is 24.5 Å². The summed E-state index contributed by atoms with van der Waals surface area (Å²) in [5.41, 5.74) is 4.84. The summed E-state index contributed by atoms with van der Waals surface area (Å²) in [4.78, 5) is 11.2. The summed E-state index contributed by atoms with van der Waals surface area (Å²) in [6.45, 7) is 4.33. The third-order valence-corrected chi connectivity index (χ3v) is 3.65. The van der Waals surface area contributed by atoms with Crippen LogP contribution < -0.4 is 0 Å². The van der Waals surface area contributed by atoms with Gasteiger partial charge in [-0.1, -0.05) is 25.5 Å². The number of benzene rings is 1. The molecule has 0 unspecified atom stereocenters. The molecule has 0 aliphatic carbocycles. The van der Waals surface area contributed by atoms with Crippen molar-refractivity contribution in [3.05, 3.63) is 41.1 Å². The standard InChI is InChI=1S/C16H18N2O2/c1-2-3-6-18-8-15(9-19)16(17-18)12-4-5-13-10-20-11-14(13)7-12/h4-5,7-9H,2-3,6,10-11H2,1H3. The molecular formula is C16H18N2O2. The number of aryl methyl sites for hydroxylation is 1. The van der Waals surface area contributed by atoms with Gasteiger partial charge in [0.2, 0.25) is 0 Å². The van der Waals surface area contributed by atoms with Crippen LogP contribution in [0.25, 0.3) is 11.3 Å². The highest BCUT2D eigenvalue weighted by molar-refractivity contribution is 5.85. The number of hydrogen-bond donors (Lipinski definition) is 0. The molecular weight excluding hydrogens is 252 g/mol. The zero-order valence-corrected chi connectivity index (χ0v) is 11.6. The van der Waals surface area contributed by atoms with Gasteiger partial charge in [0.25, 0.3) is 0 Å². The number of ether oxygens (including phenoxy) is 1. The minimum Gasteiger partial charge on any atom is -0.372 e. The Morgan fingerprint density at radius 3 is 3.00 bits per heavy atom. The molecule has 1 aliphatic rings. The molecule has 1 aromatic carbocycles. The van der Waals surface area contributed by atoms with Crippen molar-refractivity contribution in [1.29, 1.82) is 0 Å². The van der Waals surface area contributed by atoms with Gasteiger partial charge < -0.3 is 4.74 Å². The van der Waals surface area contributed by atoms with Crippen LogP contribution in [0, 0.1) is 0 Å². The van der Waals surface area contributed by atoms with E-state index in [1.165, 1.54) is 11.1 Å². The van der Waals surface area contributed by atoms with E-state index in [-0.39, 0.29) is 0 Å². The van der Waals surface area contributed by atoms with E-state index in [0.717, 1.165) is 36.9 Å². The number of fused-ring (bicyclic) bond motifs is 1. The van der Waals surface area contributed by atoms with Crippen molar-refractivity contribution in [3.8, 4) is 11.3 Å². The van der Waals surface area contributed by atoms with Gasteiger partial charge in [-0.25, -0.2) is 0 Å². The lowest BCUT2D eigenvalue weighted by Crippen LogP contribution is -1.98. The lowest BCUT2D eigenvalue weighted by molar-refractivity contribution is 0.112. The third-order valence-electron chi connectivity index (χ3n) is 3.65. The van der Waals surface area contributed by atoms with Crippen molar-refractivity contribution in [2.24, 2.45) is 0 Å². The largest absolute Gasteiger partial charge is 0.372 e. The van der Waals surface area contributed by atoms with Gasteiger partial charge >= 0.3 is 0 Å². The van der Waals surface area contributed by atoms with Gasteiger partial charge in [0.05, 0.1) is 18.8 Å². The van der Waals surface area contributed by atoms with E-state index in [0.29, 0.717) is 18.8 Å². The smallest absolute Gasteiger partial charge is 0.153 e. The lowest BCUT2D eigenvalue weighted by Gasteiger charge is -2.02. The molecule has 20 heavy (non-hydrogen) atoms. The molecule has 104 valence electrons. The van der Waals surface area contributed by atoms with Gasteiger partial charge in [-0.05, 0) is 23.6 Å². The molecule has 0 bridgehead atoms. The van der Waals surface area contributed by atoms with Gasteiger partial charge in [-0.15, -0.1) is 0 Å². The summed E-state index contributed by atoms with van der Waals surface area (Å²) in [7, 11) is 0. The maximum absolute atomic E-state index is 11.2. The van der Waals surface area contributed by atoms with Gasteiger partial charge in [0.15, 0.2) is 6.29 Å². The van der Waals surface area contributed by atoms with E-state index in [1.54, 1.807) is 0 Å². The number of aldehydes is 1. The summed E-state index contributed by atoms with van der Waals surface area (Å²) in [6.07, 6.45) is 4.90. The van der Waals surface area contributed by atoms with E-state index in [9.17, 15) is 4.79 Å². The van der Waals surface area contributed by atoms with Crippen molar-refractivity contribution in [3.63, 3.8) is 0 Å². The summed E-state index contributed by atoms with van der Waals surface area (Å²) < 4.78 is 7.29. The van der Waals surface area contributed by atoms with Crippen LogP contribution in [0.1, 0.15) is 41.3 Å². The second kappa shape index (κ2) is 5.59. The first-order valence-corrected chi connectivity index (χ1v) is 7.04. The SMILES string of the molecule is CCCCn1cc(C=O)c(-c2ccc3c(c2)COC3)n1. The van der Waals surface area contributed by atoms with Crippen molar-refractivity contribution >= 4 is 6.29 Å². The van der Waals surface area contributed by atoms with Gasteiger partial charge in [-0.3, -0.25) is 9.48 Å². The number of carbonyl (C=O) groups excluding carboxylic acids is 1. The van der Waals surface area contributed by atoms with Gasteiger partial charge in [-0.2, -0.15) is 5.10 Å². The Labute approximate surface area is 118 Å². The lowest BCUT2D eigenvalue weighted by atomic mass is 10.0. The average Bonchev–Trinajstić information content (AvgIpc) is 3.10. The van der Waals surface area contributed by atoms with E-state index in [1.807, 2.05) is 16.9 Å². The zero-order chi connectivity index (χ0) is 13.9. The van der Waals surface area contributed by atoms with E-state index >= 15 is 0 Å². The molecule has 3 rings (SSSR count). The Balaban J connectivity index is 1.96. The number of nitrogens with zero attached hydrogens (tertiary/aromatic N) is 2. The van der Waals surface area contributed by atoms with E-state index < -0.39 is 0 Å². The van der Waals surface area contributed by atoms with E-state index in [2.05, 4.69) is 24.2 Å². The molecule has 0 fully saturated rings.